The van der Waals surface area contributed by atoms with E-state index in [-0.39, 0.29) is 44.6 Å². The molecular formula is C22H38N2O9. The molecule has 2 aliphatic rings. The minimum absolute atomic E-state index is 0. The summed E-state index contributed by atoms with van der Waals surface area (Å²) < 4.78 is 5.04. The highest BCUT2D eigenvalue weighted by molar-refractivity contribution is 6.01. The highest BCUT2D eigenvalue weighted by Crippen LogP contribution is 2.12. The van der Waals surface area contributed by atoms with Gasteiger partial charge in [-0.1, -0.05) is 27.2 Å². The van der Waals surface area contributed by atoms with Gasteiger partial charge in [0.25, 0.3) is 23.6 Å². The van der Waals surface area contributed by atoms with Crippen LogP contribution >= 0.6 is 0 Å². The molecule has 0 unspecified atom stereocenters. The fourth-order valence-corrected chi connectivity index (χ4v) is 2.46. The molecular weight excluding hydrogens is 436 g/mol. The van der Waals surface area contributed by atoms with Crippen molar-refractivity contribution >= 4 is 35.4 Å². The van der Waals surface area contributed by atoms with Crippen LogP contribution in [0.1, 0.15) is 92.4 Å². The van der Waals surface area contributed by atoms with Gasteiger partial charge in [-0.25, -0.2) is 4.79 Å². The first-order valence-electron chi connectivity index (χ1n) is 10.8. The SMILES string of the molecule is C.CCCCCC(C)=O.CCOCCCC(=O)ON1C(=O)CCC1=O.O=C1CCC(=O)N1O. The summed E-state index contributed by atoms with van der Waals surface area (Å²) in [5.74, 6) is -2.18. The number of ether oxygens (including phenoxy) is 1. The average Bonchev–Trinajstić information content (AvgIpc) is 3.22. The maximum Gasteiger partial charge on any atom is 0.333 e. The van der Waals surface area contributed by atoms with Gasteiger partial charge >= 0.3 is 5.97 Å². The average molecular weight is 475 g/mol. The van der Waals surface area contributed by atoms with E-state index in [1.165, 1.54) is 12.8 Å². The molecule has 0 aromatic rings. The Morgan fingerprint density at radius 2 is 1.36 bits per heavy atom. The molecule has 0 spiro atoms. The molecule has 4 amide bonds. The van der Waals surface area contributed by atoms with Crippen LogP contribution in [-0.4, -0.2) is 63.9 Å². The molecule has 11 heteroatoms. The zero-order chi connectivity index (χ0) is 24.5. The first-order valence-corrected chi connectivity index (χ1v) is 10.8. The van der Waals surface area contributed by atoms with E-state index in [0.29, 0.717) is 30.5 Å². The molecule has 1 N–H and O–H groups in total. The first-order chi connectivity index (χ1) is 15.1. The number of ketones is 1. The molecule has 0 atom stereocenters. The lowest BCUT2D eigenvalue weighted by Gasteiger charge is -2.12. The van der Waals surface area contributed by atoms with Gasteiger partial charge in [0.1, 0.15) is 5.78 Å². The van der Waals surface area contributed by atoms with Gasteiger partial charge in [-0.15, -0.1) is 5.06 Å². The molecule has 0 aliphatic carbocycles. The van der Waals surface area contributed by atoms with Crippen LogP contribution in [0, 0.1) is 0 Å². The van der Waals surface area contributed by atoms with Crippen molar-refractivity contribution in [1.29, 1.82) is 0 Å². The number of rotatable bonds is 10. The third-order valence-corrected chi connectivity index (χ3v) is 4.23. The lowest BCUT2D eigenvalue weighted by atomic mass is 10.2. The van der Waals surface area contributed by atoms with Crippen molar-refractivity contribution in [1.82, 2.24) is 10.1 Å². The van der Waals surface area contributed by atoms with Crippen LogP contribution in [0.2, 0.25) is 0 Å². The summed E-state index contributed by atoms with van der Waals surface area (Å²) in [5.41, 5.74) is 0. The predicted molar refractivity (Wildman–Crippen MR) is 117 cm³/mol. The molecule has 11 nitrogen and oxygen atoms in total. The Morgan fingerprint density at radius 1 is 0.848 bits per heavy atom. The molecule has 0 bridgehead atoms. The maximum atomic E-state index is 11.2. The second-order valence-electron chi connectivity index (χ2n) is 7.10. The van der Waals surface area contributed by atoms with E-state index in [9.17, 15) is 28.8 Å². The summed E-state index contributed by atoms with van der Waals surface area (Å²) in [6.45, 7) is 6.71. The van der Waals surface area contributed by atoms with Gasteiger partial charge in [-0.2, -0.15) is 5.06 Å². The minimum Gasteiger partial charge on any atom is -0.382 e. The first kappa shape index (κ1) is 32.5. The normalized spacial score (nSPS) is 14.8. The van der Waals surface area contributed by atoms with E-state index in [1.54, 1.807) is 6.92 Å². The van der Waals surface area contributed by atoms with Crippen LogP contribution < -0.4 is 0 Å². The zero-order valence-electron chi connectivity index (χ0n) is 19.1. The third-order valence-electron chi connectivity index (χ3n) is 4.23. The van der Waals surface area contributed by atoms with Crippen LogP contribution in [0.4, 0.5) is 0 Å². The van der Waals surface area contributed by atoms with Crippen molar-refractivity contribution in [3.63, 3.8) is 0 Å². The van der Waals surface area contributed by atoms with Crippen LogP contribution in [0.5, 0.6) is 0 Å². The van der Waals surface area contributed by atoms with Gasteiger partial charge < -0.3 is 14.4 Å². The van der Waals surface area contributed by atoms with Crippen molar-refractivity contribution < 1.29 is 43.5 Å². The number of nitrogens with zero attached hydrogens (tertiary/aromatic N) is 2. The fourth-order valence-electron chi connectivity index (χ4n) is 2.46. The van der Waals surface area contributed by atoms with E-state index in [1.807, 2.05) is 6.92 Å². The van der Waals surface area contributed by atoms with Gasteiger partial charge in [0.05, 0.1) is 6.42 Å². The standard InChI is InChI=1S/C10H15NO5.C7H14O.C4H5NO3.CH4/c1-2-15-7-3-4-10(14)16-11-8(12)5-6-9(11)13;1-3-4-5-6-7(2)8;6-3-1-2-4(7)5(3)8;/h2-7H2,1H3;3-6H2,1-2H3;8H,1-2H2;1H4. The molecule has 33 heavy (non-hydrogen) atoms. The minimum atomic E-state index is -0.580. The maximum absolute atomic E-state index is 11.2. The van der Waals surface area contributed by atoms with Crippen LogP contribution in [0.3, 0.4) is 0 Å². The molecule has 190 valence electrons. The van der Waals surface area contributed by atoms with E-state index in [4.69, 9.17) is 9.94 Å². The Hall–Kier alpha value is -2.66. The highest BCUT2D eigenvalue weighted by Gasteiger charge is 2.32. The summed E-state index contributed by atoms with van der Waals surface area (Å²) in [4.78, 5) is 68.9. The summed E-state index contributed by atoms with van der Waals surface area (Å²) in [6, 6.07) is 0. The van der Waals surface area contributed by atoms with E-state index in [2.05, 4.69) is 11.8 Å². The smallest absolute Gasteiger partial charge is 0.333 e. The second kappa shape index (κ2) is 18.9. The number of carbonyl (C=O) groups excluding carboxylic acids is 6. The molecule has 0 saturated carbocycles. The summed E-state index contributed by atoms with van der Waals surface area (Å²) in [7, 11) is 0. The number of imide groups is 2. The Morgan fingerprint density at radius 3 is 1.76 bits per heavy atom. The highest BCUT2D eigenvalue weighted by atomic mass is 16.7. The van der Waals surface area contributed by atoms with Gasteiger partial charge in [0, 0.05) is 45.3 Å². The second-order valence-corrected chi connectivity index (χ2v) is 7.10. The number of amides is 4. The van der Waals surface area contributed by atoms with Crippen molar-refractivity contribution in [2.45, 2.75) is 92.4 Å². The number of hydrogen-bond donors (Lipinski definition) is 1. The molecule has 2 saturated heterocycles. The van der Waals surface area contributed by atoms with E-state index in [0.717, 1.165) is 12.8 Å². The van der Waals surface area contributed by atoms with E-state index < -0.39 is 29.6 Å². The Balaban J connectivity index is 0. The molecule has 0 aromatic heterocycles. The van der Waals surface area contributed by atoms with E-state index >= 15 is 0 Å². The lowest BCUT2D eigenvalue weighted by Crippen LogP contribution is -2.32. The summed E-state index contributed by atoms with van der Waals surface area (Å²) >= 11 is 0. The predicted octanol–water partition coefficient (Wildman–Crippen LogP) is 2.73. The Labute approximate surface area is 195 Å². The molecule has 2 aliphatic heterocycles. The lowest BCUT2D eigenvalue weighted by molar-refractivity contribution is -0.197. The van der Waals surface area contributed by atoms with Gasteiger partial charge in [-0.05, 0) is 26.7 Å². The Bertz CT molecular complexity index is 632. The quantitative estimate of drug-likeness (QED) is 0.286. The summed E-state index contributed by atoms with van der Waals surface area (Å²) in [5, 5.41) is 9.13. The number of hydrogen-bond acceptors (Lipinski definition) is 9. The monoisotopic (exact) mass is 474 g/mol. The van der Waals surface area contributed by atoms with Crippen LogP contribution in [0.15, 0.2) is 0 Å². The van der Waals surface area contributed by atoms with Crippen LogP contribution in [0.25, 0.3) is 0 Å². The van der Waals surface area contributed by atoms with Gasteiger partial charge in [0.2, 0.25) is 0 Å². The number of carbonyl (C=O) groups is 6. The number of Topliss-reactive ketones (excluding diaryl/α,β-unsaturated/α-hetero) is 1. The summed E-state index contributed by atoms with van der Waals surface area (Å²) in [6.07, 6.45) is 5.42. The molecule has 2 heterocycles. The number of unbranched alkanes of at least 4 members (excludes halogenated alkanes) is 2. The van der Waals surface area contributed by atoms with Crippen molar-refractivity contribution in [2.75, 3.05) is 13.2 Å². The van der Waals surface area contributed by atoms with Gasteiger partial charge in [0.15, 0.2) is 0 Å². The third kappa shape index (κ3) is 14.9. The molecule has 2 rings (SSSR count). The van der Waals surface area contributed by atoms with Gasteiger partial charge in [-0.3, -0.25) is 24.4 Å². The van der Waals surface area contributed by atoms with Crippen LogP contribution in [-0.2, 0) is 38.3 Å². The molecule has 0 radical (unpaired) electrons. The fraction of sp³-hybridized carbons (Fsp3) is 0.727. The van der Waals surface area contributed by atoms with Crippen molar-refractivity contribution in [3.05, 3.63) is 0 Å². The molecule has 2 fully saturated rings. The zero-order valence-corrected chi connectivity index (χ0v) is 19.1. The number of hydroxylamine groups is 4. The van der Waals surface area contributed by atoms with Crippen molar-refractivity contribution in [2.24, 2.45) is 0 Å². The molecule has 0 aromatic carbocycles. The Kier molecular flexibility index (Phi) is 18.6. The van der Waals surface area contributed by atoms with Crippen molar-refractivity contribution in [3.8, 4) is 0 Å². The largest absolute Gasteiger partial charge is 0.382 e. The topological polar surface area (TPSA) is 148 Å².